The predicted molar refractivity (Wildman–Crippen MR) is 135 cm³/mol. The van der Waals surface area contributed by atoms with Crippen LogP contribution in [0.1, 0.15) is 30.5 Å². The van der Waals surface area contributed by atoms with Gasteiger partial charge in [-0.25, -0.2) is 0 Å². The van der Waals surface area contributed by atoms with E-state index in [9.17, 15) is 18.5 Å². The van der Waals surface area contributed by atoms with Gasteiger partial charge in [-0.3, -0.25) is 4.79 Å². The molecule has 1 N–H and O–H groups in total. The first kappa shape index (κ1) is 25.5. The van der Waals surface area contributed by atoms with Crippen LogP contribution < -0.4 is 14.2 Å². The number of nitriles is 1. The lowest BCUT2D eigenvalue weighted by atomic mass is 10.1. The van der Waals surface area contributed by atoms with Crippen LogP contribution in [-0.4, -0.2) is 20.9 Å². The molecule has 0 aliphatic carbocycles. The zero-order valence-electron chi connectivity index (χ0n) is 19.7. The number of anilines is 1. The van der Waals surface area contributed by atoms with Crippen molar-refractivity contribution in [2.75, 3.05) is 11.9 Å². The van der Waals surface area contributed by atoms with Crippen LogP contribution in [-0.2, 0) is 21.3 Å². The summed E-state index contributed by atoms with van der Waals surface area (Å²) in [7, 11) is -4.08. The second-order valence-corrected chi connectivity index (χ2v) is 9.17. The van der Waals surface area contributed by atoms with Gasteiger partial charge < -0.3 is 14.2 Å². The Morgan fingerprint density at radius 3 is 2.40 bits per heavy atom. The van der Waals surface area contributed by atoms with Crippen LogP contribution in [0, 0.1) is 18.3 Å². The number of rotatable bonds is 9. The van der Waals surface area contributed by atoms with Crippen molar-refractivity contribution in [2.24, 2.45) is 0 Å². The van der Waals surface area contributed by atoms with Crippen LogP contribution in [0.2, 0.25) is 0 Å². The van der Waals surface area contributed by atoms with E-state index in [2.05, 4.69) is 5.32 Å². The number of ether oxygens (including phenoxy) is 1. The molecule has 0 saturated carbocycles. The highest BCUT2D eigenvalue weighted by atomic mass is 32.2. The normalized spacial score (nSPS) is 11.4. The molecule has 0 unspecified atom stereocenters. The van der Waals surface area contributed by atoms with E-state index in [0.717, 1.165) is 17.5 Å². The molecule has 8 heteroatoms. The van der Waals surface area contributed by atoms with Gasteiger partial charge in [-0.15, -0.1) is 0 Å². The zero-order valence-corrected chi connectivity index (χ0v) is 20.6. The lowest BCUT2D eigenvalue weighted by Crippen LogP contribution is -2.14. The van der Waals surface area contributed by atoms with E-state index in [-0.39, 0.29) is 28.6 Å². The van der Waals surface area contributed by atoms with Gasteiger partial charge in [0.15, 0.2) is 11.5 Å². The number of nitrogens with one attached hydrogen (secondary N) is 1. The molecule has 0 aliphatic rings. The van der Waals surface area contributed by atoms with E-state index in [1.807, 2.05) is 38.1 Å². The van der Waals surface area contributed by atoms with E-state index in [1.54, 1.807) is 31.2 Å². The largest absolute Gasteiger partial charge is 0.490 e. The van der Waals surface area contributed by atoms with Crippen molar-refractivity contribution in [3.63, 3.8) is 0 Å². The minimum absolute atomic E-state index is 0.00408. The van der Waals surface area contributed by atoms with Crippen molar-refractivity contribution in [1.82, 2.24) is 0 Å². The molecule has 0 heterocycles. The number of hydrogen-bond acceptors (Lipinski definition) is 6. The minimum Gasteiger partial charge on any atom is -0.490 e. The van der Waals surface area contributed by atoms with Crippen LogP contribution in [0.3, 0.4) is 0 Å². The first-order valence-corrected chi connectivity index (χ1v) is 12.5. The maximum atomic E-state index is 12.7. The summed E-state index contributed by atoms with van der Waals surface area (Å²) >= 11 is 0. The van der Waals surface area contributed by atoms with Crippen molar-refractivity contribution in [3.8, 4) is 17.6 Å². The topological polar surface area (TPSA) is 105 Å². The van der Waals surface area contributed by atoms with Gasteiger partial charge in [-0.1, -0.05) is 48.9 Å². The fourth-order valence-electron chi connectivity index (χ4n) is 3.28. The maximum absolute atomic E-state index is 12.7. The van der Waals surface area contributed by atoms with Gasteiger partial charge in [0, 0.05) is 5.69 Å². The van der Waals surface area contributed by atoms with E-state index in [4.69, 9.17) is 8.92 Å². The van der Waals surface area contributed by atoms with Crippen molar-refractivity contribution in [1.29, 1.82) is 5.26 Å². The molecule has 0 radical (unpaired) electrons. The molecular weight excluding hydrogens is 464 g/mol. The molecule has 3 aromatic carbocycles. The quantitative estimate of drug-likeness (QED) is 0.249. The number of hydrogen-bond donors (Lipinski definition) is 1. The average molecular weight is 491 g/mol. The van der Waals surface area contributed by atoms with Crippen molar-refractivity contribution in [3.05, 3.63) is 89.0 Å². The number of nitrogens with zero attached hydrogens (tertiary/aromatic N) is 1. The minimum atomic E-state index is -4.08. The molecule has 0 spiro atoms. The fourth-order valence-corrected chi connectivity index (χ4v) is 4.22. The van der Waals surface area contributed by atoms with Crippen LogP contribution in [0.15, 0.2) is 77.2 Å². The second kappa shape index (κ2) is 11.4. The Hall–Kier alpha value is -4.09. The summed E-state index contributed by atoms with van der Waals surface area (Å²) in [6.07, 6.45) is 2.14. The summed E-state index contributed by atoms with van der Waals surface area (Å²) in [5.74, 6) is -0.371. The van der Waals surface area contributed by atoms with Gasteiger partial charge in [0.25, 0.3) is 5.91 Å². The third-order valence-electron chi connectivity index (χ3n) is 5.10. The predicted octanol–water partition coefficient (Wildman–Crippen LogP) is 5.27. The Morgan fingerprint density at radius 2 is 1.74 bits per heavy atom. The molecule has 0 bridgehead atoms. The molecule has 0 saturated heterocycles. The molecule has 7 nitrogen and oxygen atoms in total. The second-order valence-electron chi connectivity index (χ2n) is 7.62. The number of para-hydroxylation sites is 1. The van der Waals surface area contributed by atoms with E-state index >= 15 is 0 Å². The highest BCUT2D eigenvalue weighted by Gasteiger charge is 2.20. The Labute approximate surface area is 205 Å². The summed E-state index contributed by atoms with van der Waals surface area (Å²) in [5, 5.41) is 12.3. The van der Waals surface area contributed by atoms with Gasteiger partial charge in [0.1, 0.15) is 16.5 Å². The van der Waals surface area contributed by atoms with Crippen LogP contribution in [0.5, 0.6) is 11.5 Å². The SMILES string of the molecule is CCOc1cc(/C=C(\C#N)C(=O)Nc2ccccc2CC)ccc1OS(=O)(=O)c1ccc(C)cc1. The molecule has 1 amide bonds. The van der Waals surface area contributed by atoms with Gasteiger partial charge in [0.05, 0.1) is 6.61 Å². The first-order valence-electron chi connectivity index (χ1n) is 11.1. The number of aryl methyl sites for hydroxylation is 2. The first-order chi connectivity index (χ1) is 16.8. The lowest BCUT2D eigenvalue weighted by Gasteiger charge is -2.13. The van der Waals surface area contributed by atoms with Gasteiger partial charge in [-0.05, 0) is 67.8 Å². The van der Waals surface area contributed by atoms with Gasteiger partial charge in [-0.2, -0.15) is 13.7 Å². The van der Waals surface area contributed by atoms with E-state index < -0.39 is 16.0 Å². The Kier molecular flexibility index (Phi) is 8.29. The van der Waals surface area contributed by atoms with Crippen LogP contribution in [0.4, 0.5) is 5.69 Å². The van der Waals surface area contributed by atoms with E-state index in [0.29, 0.717) is 11.3 Å². The smallest absolute Gasteiger partial charge is 0.339 e. The third-order valence-corrected chi connectivity index (χ3v) is 6.35. The fraction of sp³-hybridized carbons (Fsp3) is 0.185. The van der Waals surface area contributed by atoms with Crippen LogP contribution in [0.25, 0.3) is 6.08 Å². The van der Waals surface area contributed by atoms with Crippen molar-refractivity contribution >= 4 is 27.8 Å². The molecule has 0 fully saturated rings. The highest BCUT2D eigenvalue weighted by molar-refractivity contribution is 7.87. The molecule has 3 rings (SSSR count). The monoisotopic (exact) mass is 490 g/mol. The van der Waals surface area contributed by atoms with Crippen LogP contribution >= 0.6 is 0 Å². The number of carbonyl (C=O) groups excluding carboxylic acids is 1. The Bertz CT molecular complexity index is 1390. The van der Waals surface area contributed by atoms with Crippen molar-refractivity contribution in [2.45, 2.75) is 32.1 Å². The van der Waals surface area contributed by atoms with Gasteiger partial charge in [0.2, 0.25) is 0 Å². The Morgan fingerprint density at radius 1 is 1.03 bits per heavy atom. The Balaban J connectivity index is 1.88. The third kappa shape index (κ3) is 6.49. The molecule has 0 atom stereocenters. The molecule has 35 heavy (non-hydrogen) atoms. The standard InChI is InChI=1S/C27H26N2O5S/c1-4-21-8-6-7-9-24(21)29-27(30)22(18-28)16-20-12-15-25(26(17-20)33-5-2)34-35(31,32)23-13-10-19(3)11-14-23/h6-17H,4-5H2,1-3H3,(H,29,30)/b22-16+. The number of carbonyl (C=O) groups is 1. The van der Waals surface area contributed by atoms with Gasteiger partial charge >= 0.3 is 10.1 Å². The summed E-state index contributed by atoms with van der Waals surface area (Å²) < 4.78 is 36.3. The summed E-state index contributed by atoms with van der Waals surface area (Å²) in [6, 6.07) is 20.1. The highest BCUT2D eigenvalue weighted by Crippen LogP contribution is 2.32. The molecular formula is C27H26N2O5S. The zero-order chi connectivity index (χ0) is 25.4. The average Bonchev–Trinajstić information content (AvgIpc) is 2.84. The van der Waals surface area contributed by atoms with E-state index in [1.165, 1.54) is 30.3 Å². The molecule has 3 aromatic rings. The summed E-state index contributed by atoms with van der Waals surface area (Å²) in [6.45, 7) is 5.84. The summed E-state index contributed by atoms with van der Waals surface area (Å²) in [5.41, 5.74) is 2.88. The molecule has 0 aliphatic heterocycles. The molecule has 0 aromatic heterocycles. The summed E-state index contributed by atoms with van der Waals surface area (Å²) in [4.78, 5) is 12.7. The maximum Gasteiger partial charge on any atom is 0.339 e. The van der Waals surface area contributed by atoms with Crippen molar-refractivity contribution < 1.29 is 22.1 Å². The number of amides is 1. The molecule has 180 valence electrons. The lowest BCUT2D eigenvalue weighted by molar-refractivity contribution is -0.112. The number of benzene rings is 3.